The van der Waals surface area contributed by atoms with Crippen LogP contribution < -0.4 is 10.9 Å². The van der Waals surface area contributed by atoms with Gasteiger partial charge in [0.05, 0.1) is 18.0 Å². The molecule has 0 spiro atoms. The fraction of sp³-hybridized carbons (Fsp3) is 0.432. The summed E-state index contributed by atoms with van der Waals surface area (Å²) in [6.07, 6.45) is 1.45. The number of rotatable bonds is 10. The van der Waals surface area contributed by atoms with E-state index in [2.05, 4.69) is 11.2 Å². The maximum atomic E-state index is 16.6. The van der Waals surface area contributed by atoms with Crippen molar-refractivity contribution in [3.63, 3.8) is 0 Å². The zero-order valence-electron chi connectivity index (χ0n) is 28.4. The Morgan fingerprint density at radius 3 is 2.16 bits per heavy atom. The third-order valence-corrected chi connectivity index (χ3v) is 9.11. The fourth-order valence-electron chi connectivity index (χ4n) is 6.78. The van der Waals surface area contributed by atoms with Crippen molar-refractivity contribution in [2.75, 3.05) is 20.1 Å². The van der Waals surface area contributed by atoms with Crippen molar-refractivity contribution in [2.24, 2.45) is 5.92 Å². The van der Waals surface area contributed by atoms with Crippen molar-refractivity contribution in [1.82, 2.24) is 14.8 Å². The molecule has 0 radical (unpaired) electrons. The molecule has 2 heterocycles. The number of nitrogens with zero attached hydrogens (tertiary/aromatic N) is 2. The van der Waals surface area contributed by atoms with E-state index in [1.165, 1.54) is 13.8 Å². The number of carbonyl (C=O) groups is 2. The monoisotopic (exact) mass is 703 g/mol. The highest BCUT2D eigenvalue weighted by molar-refractivity contribution is 5.83. The average molecular weight is 704 g/mol. The summed E-state index contributed by atoms with van der Waals surface area (Å²) in [5.41, 5.74) is -3.09. The normalized spacial score (nSPS) is 15.5. The number of hydrogen-bond acceptors (Lipinski definition) is 4. The minimum atomic E-state index is -4.85. The van der Waals surface area contributed by atoms with Crippen LogP contribution >= 0.6 is 0 Å². The molecule has 2 atom stereocenters. The van der Waals surface area contributed by atoms with Gasteiger partial charge in [-0.15, -0.1) is 6.42 Å². The molecule has 50 heavy (non-hydrogen) atoms. The molecule has 0 aliphatic carbocycles. The van der Waals surface area contributed by atoms with Crippen LogP contribution in [0.1, 0.15) is 90.9 Å². The van der Waals surface area contributed by atoms with Crippen LogP contribution in [0.3, 0.4) is 0 Å². The summed E-state index contributed by atoms with van der Waals surface area (Å²) in [6, 6.07) is 0.208. The van der Waals surface area contributed by atoms with Gasteiger partial charge in [0.25, 0.3) is 5.56 Å². The molecule has 1 aliphatic heterocycles. The number of carboxylic acid groups (broad SMARTS) is 1. The Kier molecular flexibility index (Phi) is 11.6. The Morgan fingerprint density at radius 1 is 1.04 bits per heavy atom. The third kappa shape index (κ3) is 8.24. The summed E-state index contributed by atoms with van der Waals surface area (Å²) < 4.78 is 90.0. The standard InChI is InChI=1S/C37H39F6N3O4/c1-7-22-15-27(39)34(35(40)33(22)32-20(4)13-24(38)14-21(32)5)28(17-31(48)49)44-36(50)29(12-19(2)3)46-18-25(23-8-10-45(6)11-9-23)26(16-30(46)47)37(41,42)43/h1,13-16,18-19,23,28-29H,8-12,17H2,2-6H3,(H,44,50)(H,48,49)/t28-,29+/m1/s1. The number of aliphatic carboxylic acids is 1. The summed E-state index contributed by atoms with van der Waals surface area (Å²) in [7, 11) is 1.84. The molecular weight excluding hydrogens is 664 g/mol. The number of benzene rings is 2. The SMILES string of the molecule is C#Cc1cc(F)c([C@@H](CC(=O)O)NC(=O)[C@H](CC(C)C)n2cc(C3CCN(C)CC3)c(C(F)(F)F)cc2=O)c(F)c1-c1c(C)cc(F)cc1C. The first-order valence-corrected chi connectivity index (χ1v) is 16.1. The Morgan fingerprint density at radius 2 is 1.64 bits per heavy atom. The van der Waals surface area contributed by atoms with Crippen molar-refractivity contribution < 1.29 is 41.0 Å². The van der Waals surface area contributed by atoms with Gasteiger partial charge in [0.15, 0.2) is 0 Å². The number of pyridine rings is 1. The van der Waals surface area contributed by atoms with Gasteiger partial charge in [-0.1, -0.05) is 19.8 Å². The molecule has 0 saturated carbocycles. The van der Waals surface area contributed by atoms with Gasteiger partial charge in [0, 0.05) is 29.0 Å². The Labute approximate surface area is 286 Å². The zero-order chi connectivity index (χ0) is 37.2. The van der Waals surface area contributed by atoms with Gasteiger partial charge in [-0.05, 0) is 106 Å². The first-order chi connectivity index (χ1) is 23.3. The quantitative estimate of drug-likeness (QED) is 0.171. The van der Waals surface area contributed by atoms with Crippen molar-refractivity contribution in [1.29, 1.82) is 0 Å². The number of amides is 1. The lowest BCUT2D eigenvalue weighted by molar-refractivity contribution is -0.139. The van der Waals surface area contributed by atoms with E-state index >= 15 is 8.78 Å². The molecule has 2 aromatic carbocycles. The van der Waals surface area contributed by atoms with Crippen molar-refractivity contribution in [2.45, 2.75) is 77.6 Å². The second-order valence-corrected chi connectivity index (χ2v) is 13.3. The van der Waals surface area contributed by atoms with Crippen molar-refractivity contribution >= 4 is 11.9 Å². The summed E-state index contributed by atoms with van der Waals surface area (Å²) >= 11 is 0. The highest BCUT2D eigenvalue weighted by atomic mass is 19.4. The Bertz CT molecular complexity index is 1860. The number of halogens is 6. The topological polar surface area (TPSA) is 91.6 Å². The molecule has 1 amide bonds. The number of nitrogens with one attached hydrogen (secondary N) is 1. The highest BCUT2D eigenvalue weighted by Gasteiger charge is 2.39. The van der Waals surface area contributed by atoms with E-state index in [1.54, 1.807) is 13.8 Å². The van der Waals surface area contributed by atoms with Crippen molar-refractivity contribution in [3.8, 4) is 23.5 Å². The maximum absolute atomic E-state index is 16.6. The zero-order valence-corrected chi connectivity index (χ0v) is 28.4. The lowest BCUT2D eigenvalue weighted by Crippen LogP contribution is -2.41. The predicted octanol–water partition coefficient (Wildman–Crippen LogP) is 7.28. The van der Waals surface area contributed by atoms with E-state index in [9.17, 15) is 37.1 Å². The van der Waals surface area contributed by atoms with Gasteiger partial charge in [-0.25, -0.2) is 13.2 Å². The Balaban J connectivity index is 1.87. The van der Waals surface area contributed by atoms with Gasteiger partial charge in [0.1, 0.15) is 23.5 Å². The van der Waals surface area contributed by atoms with E-state index in [4.69, 9.17) is 6.42 Å². The number of piperidine rings is 1. The van der Waals surface area contributed by atoms with E-state index < -0.39 is 76.6 Å². The minimum absolute atomic E-state index is 0.0794. The van der Waals surface area contributed by atoms with E-state index in [0.29, 0.717) is 32.0 Å². The molecule has 1 saturated heterocycles. The number of aromatic nitrogens is 1. The molecule has 3 aromatic rings. The highest BCUT2D eigenvalue weighted by Crippen LogP contribution is 2.40. The molecule has 1 aromatic heterocycles. The van der Waals surface area contributed by atoms with Crippen molar-refractivity contribution in [3.05, 3.63) is 91.6 Å². The summed E-state index contributed by atoms with van der Waals surface area (Å²) in [5.74, 6) is -4.38. The molecule has 4 rings (SSSR count). The van der Waals surface area contributed by atoms with E-state index in [0.717, 1.165) is 29.0 Å². The smallest absolute Gasteiger partial charge is 0.416 e. The van der Waals surface area contributed by atoms with Crippen LogP contribution in [0, 0.1) is 49.6 Å². The van der Waals surface area contributed by atoms with Crippen LogP contribution in [0.4, 0.5) is 26.3 Å². The molecule has 268 valence electrons. The fourth-order valence-corrected chi connectivity index (χ4v) is 6.78. The molecule has 2 N–H and O–H groups in total. The maximum Gasteiger partial charge on any atom is 0.416 e. The van der Waals surface area contributed by atoms with Gasteiger partial charge in [0.2, 0.25) is 5.91 Å². The van der Waals surface area contributed by atoms with Gasteiger partial charge in [-0.2, -0.15) is 13.2 Å². The van der Waals surface area contributed by atoms with Gasteiger partial charge in [-0.3, -0.25) is 14.4 Å². The number of terminal acetylenes is 1. The first kappa shape index (κ1) is 38.2. The molecule has 1 fully saturated rings. The number of likely N-dealkylation sites (tertiary alicyclic amines) is 1. The number of carbonyl (C=O) groups excluding carboxylic acids is 1. The van der Waals surface area contributed by atoms with Crippen LogP contribution in [0.15, 0.2) is 35.3 Å². The molecule has 7 nitrogen and oxygen atoms in total. The van der Waals surface area contributed by atoms with E-state index in [1.807, 2.05) is 11.9 Å². The lowest BCUT2D eigenvalue weighted by Gasteiger charge is -2.32. The number of carboxylic acids is 1. The summed E-state index contributed by atoms with van der Waals surface area (Å²) in [6.45, 7) is 7.43. The first-order valence-electron chi connectivity index (χ1n) is 16.1. The largest absolute Gasteiger partial charge is 0.481 e. The molecule has 0 bridgehead atoms. The number of hydrogen-bond donors (Lipinski definition) is 2. The second kappa shape index (κ2) is 15.1. The Hall–Kier alpha value is -4.57. The minimum Gasteiger partial charge on any atom is -0.481 e. The predicted molar refractivity (Wildman–Crippen MR) is 176 cm³/mol. The lowest BCUT2D eigenvalue weighted by atomic mass is 9.87. The second-order valence-electron chi connectivity index (χ2n) is 13.3. The van der Waals surface area contributed by atoms with Crippen LogP contribution in [-0.4, -0.2) is 46.6 Å². The summed E-state index contributed by atoms with van der Waals surface area (Å²) in [5, 5.41) is 12.1. The van der Waals surface area contributed by atoms with Crippen LogP contribution in [0.25, 0.3) is 11.1 Å². The van der Waals surface area contributed by atoms with Crippen LogP contribution in [0.2, 0.25) is 0 Å². The van der Waals surface area contributed by atoms with Gasteiger partial charge < -0.3 is 19.9 Å². The number of aryl methyl sites for hydroxylation is 2. The average Bonchev–Trinajstić information content (AvgIpc) is 2.99. The summed E-state index contributed by atoms with van der Waals surface area (Å²) in [4.78, 5) is 41.4. The third-order valence-electron chi connectivity index (χ3n) is 9.11. The van der Waals surface area contributed by atoms with Crippen LogP contribution in [-0.2, 0) is 15.8 Å². The molecule has 13 heteroatoms. The molecule has 1 aliphatic rings. The molecule has 0 unspecified atom stereocenters. The van der Waals surface area contributed by atoms with Gasteiger partial charge >= 0.3 is 12.1 Å². The van der Waals surface area contributed by atoms with E-state index in [-0.39, 0.29) is 45.7 Å². The van der Waals surface area contributed by atoms with Crippen LogP contribution in [0.5, 0.6) is 0 Å². The molecular formula is C37H39F6N3O4. The number of alkyl halides is 3.